The van der Waals surface area contributed by atoms with Crippen molar-refractivity contribution in [2.75, 3.05) is 5.73 Å². The minimum atomic E-state index is -5.18. The lowest BCUT2D eigenvalue weighted by molar-refractivity contribution is -0.276. The molecule has 1 aromatic carbocycles. The lowest BCUT2D eigenvalue weighted by Crippen LogP contribution is -2.20. The largest absolute Gasteiger partial charge is 0.573 e. The number of nitrogens with two attached hydrogens (primary N) is 1. The van der Waals surface area contributed by atoms with Gasteiger partial charge in [-0.3, -0.25) is 0 Å². The molecule has 0 aliphatic rings. The van der Waals surface area contributed by atoms with Crippen LogP contribution in [0, 0.1) is 0 Å². The summed E-state index contributed by atoms with van der Waals surface area (Å²) < 4.78 is 75.5. The van der Waals surface area contributed by atoms with E-state index < -0.39 is 23.9 Å². The highest BCUT2D eigenvalue weighted by atomic mass is 19.4. The van der Waals surface area contributed by atoms with E-state index in [0.717, 1.165) is 6.07 Å². The predicted octanol–water partition coefficient (Wildman–Crippen LogP) is 3.19. The third-order valence-electron chi connectivity index (χ3n) is 1.53. The van der Waals surface area contributed by atoms with Crippen LogP contribution in [0.15, 0.2) is 18.2 Å². The standard InChI is InChI=1S/C8H5F6NO/c9-7(10,11)5-3-4(15)1-2-6(5)16-8(12,13)14/h1-3H,15H2. The summed E-state index contributed by atoms with van der Waals surface area (Å²) in [5, 5.41) is 0. The Morgan fingerprint density at radius 2 is 1.56 bits per heavy atom. The van der Waals surface area contributed by atoms with Crippen molar-refractivity contribution in [1.82, 2.24) is 0 Å². The quantitative estimate of drug-likeness (QED) is 0.609. The second-order valence-electron chi connectivity index (χ2n) is 2.80. The molecule has 8 heteroatoms. The SMILES string of the molecule is Nc1ccc(OC(F)(F)F)c(C(F)(F)F)c1. The molecule has 0 aliphatic carbocycles. The monoisotopic (exact) mass is 245 g/mol. The highest BCUT2D eigenvalue weighted by Crippen LogP contribution is 2.39. The summed E-state index contributed by atoms with van der Waals surface area (Å²) in [6.07, 6.45) is -10.1. The smallest absolute Gasteiger partial charge is 0.405 e. The van der Waals surface area contributed by atoms with Crippen LogP contribution in [0.4, 0.5) is 32.0 Å². The van der Waals surface area contributed by atoms with Gasteiger partial charge in [0.1, 0.15) is 5.75 Å². The first kappa shape index (κ1) is 12.5. The Hall–Kier alpha value is -1.60. The van der Waals surface area contributed by atoms with Crippen molar-refractivity contribution in [2.24, 2.45) is 0 Å². The zero-order valence-corrected chi connectivity index (χ0v) is 7.49. The average Bonchev–Trinajstić information content (AvgIpc) is 2.04. The average molecular weight is 245 g/mol. The molecule has 1 aromatic rings. The van der Waals surface area contributed by atoms with Gasteiger partial charge in [0.15, 0.2) is 0 Å². The molecule has 0 fully saturated rings. The van der Waals surface area contributed by atoms with Gasteiger partial charge in [-0.1, -0.05) is 0 Å². The summed E-state index contributed by atoms with van der Waals surface area (Å²) in [7, 11) is 0. The number of rotatable bonds is 1. The normalized spacial score (nSPS) is 12.6. The van der Waals surface area contributed by atoms with E-state index in [4.69, 9.17) is 5.73 Å². The van der Waals surface area contributed by atoms with Gasteiger partial charge in [0.25, 0.3) is 0 Å². The first-order chi connectivity index (χ1) is 7.09. The maximum absolute atomic E-state index is 12.3. The predicted molar refractivity (Wildman–Crippen MR) is 42.5 cm³/mol. The molecule has 0 radical (unpaired) electrons. The highest BCUT2D eigenvalue weighted by Gasteiger charge is 2.39. The molecule has 0 heterocycles. The van der Waals surface area contributed by atoms with Gasteiger partial charge in [-0.25, -0.2) is 0 Å². The van der Waals surface area contributed by atoms with E-state index in [0.29, 0.717) is 12.1 Å². The Balaban J connectivity index is 3.19. The number of alkyl halides is 6. The maximum Gasteiger partial charge on any atom is 0.573 e. The molecule has 0 bridgehead atoms. The summed E-state index contributed by atoms with van der Waals surface area (Å²) in [4.78, 5) is 0. The number of nitrogen functional groups attached to an aromatic ring is 1. The zero-order chi connectivity index (χ0) is 12.6. The second-order valence-corrected chi connectivity index (χ2v) is 2.80. The van der Waals surface area contributed by atoms with Gasteiger partial charge < -0.3 is 10.5 Å². The molecule has 1 rings (SSSR count). The van der Waals surface area contributed by atoms with Crippen molar-refractivity contribution >= 4 is 5.69 Å². The van der Waals surface area contributed by atoms with Crippen LogP contribution in [0.25, 0.3) is 0 Å². The van der Waals surface area contributed by atoms with Gasteiger partial charge >= 0.3 is 12.5 Å². The summed E-state index contributed by atoms with van der Waals surface area (Å²) in [6.45, 7) is 0. The van der Waals surface area contributed by atoms with E-state index in [1.54, 1.807) is 0 Å². The van der Waals surface area contributed by atoms with Crippen molar-refractivity contribution in [3.63, 3.8) is 0 Å². The molecule has 0 saturated heterocycles. The Morgan fingerprint density at radius 1 is 1.00 bits per heavy atom. The second kappa shape index (κ2) is 3.76. The Labute approximate surface area is 85.6 Å². The summed E-state index contributed by atoms with van der Waals surface area (Å²) >= 11 is 0. The van der Waals surface area contributed by atoms with Gasteiger partial charge in [0, 0.05) is 5.69 Å². The molecule has 90 valence electrons. The number of ether oxygens (including phenoxy) is 1. The summed E-state index contributed by atoms with van der Waals surface area (Å²) in [5.74, 6) is -1.32. The Bertz CT molecular complexity index is 383. The third-order valence-corrected chi connectivity index (χ3v) is 1.53. The number of benzene rings is 1. The Kier molecular flexibility index (Phi) is 2.93. The molecule has 0 unspecified atom stereocenters. The zero-order valence-electron chi connectivity index (χ0n) is 7.49. The van der Waals surface area contributed by atoms with Crippen molar-refractivity contribution in [3.05, 3.63) is 23.8 Å². The van der Waals surface area contributed by atoms with Gasteiger partial charge in [-0.05, 0) is 18.2 Å². The van der Waals surface area contributed by atoms with Crippen molar-refractivity contribution in [1.29, 1.82) is 0 Å². The summed E-state index contributed by atoms with van der Waals surface area (Å²) in [5.41, 5.74) is 3.18. The first-order valence-corrected chi connectivity index (χ1v) is 3.82. The van der Waals surface area contributed by atoms with E-state index in [1.807, 2.05) is 0 Å². The van der Waals surface area contributed by atoms with Gasteiger partial charge in [-0.2, -0.15) is 13.2 Å². The molecule has 0 spiro atoms. The molecule has 2 nitrogen and oxygen atoms in total. The van der Waals surface area contributed by atoms with Crippen LogP contribution in [0.1, 0.15) is 5.56 Å². The fourth-order valence-corrected chi connectivity index (χ4v) is 0.983. The van der Waals surface area contributed by atoms with E-state index >= 15 is 0 Å². The lowest BCUT2D eigenvalue weighted by Gasteiger charge is -2.15. The molecular formula is C8H5F6NO. The van der Waals surface area contributed by atoms with Crippen molar-refractivity contribution in [2.45, 2.75) is 12.5 Å². The molecule has 0 atom stereocenters. The van der Waals surface area contributed by atoms with Gasteiger partial charge in [0.2, 0.25) is 0 Å². The number of halogens is 6. The molecule has 0 saturated carbocycles. The topological polar surface area (TPSA) is 35.2 Å². The van der Waals surface area contributed by atoms with Crippen LogP contribution < -0.4 is 10.5 Å². The van der Waals surface area contributed by atoms with Gasteiger partial charge in [0.05, 0.1) is 5.56 Å². The Morgan fingerprint density at radius 3 is 2.00 bits per heavy atom. The first-order valence-electron chi connectivity index (χ1n) is 3.82. The molecule has 0 aliphatic heterocycles. The molecular weight excluding hydrogens is 240 g/mol. The molecule has 0 amide bonds. The lowest BCUT2D eigenvalue weighted by atomic mass is 10.1. The minimum absolute atomic E-state index is 0.304. The van der Waals surface area contributed by atoms with Crippen LogP contribution in [0.5, 0.6) is 5.75 Å². The van der Waals surface area contributed by atoms with E-state index in [2.05, 4.69) is 4.74 Å². The van der Waals surface area contributed by atoms with Crippen LogP contribution in [0.2, 0.25) is 0 Å². The molecule has 2 N–H and O–H groups in total. The van der Waals surface area contributed by atoms with Crippen LogP contribution >= 0.6 is 0 Å². The van der Waals surface area contributed by atoms with Crippen molar-refractivity contribution < 1.29 is 31.1 Å². The van der Waals surface area contributed by atoms with Crippen molar-refractivity contribution in [3.8, 4) is 5.75 Å². The van der Waals surface area contributed by atoms with Gasteiger partial charge in [-0.15, -0.1) is 13.2 Å². The number of hydrogen-bond acceptors (Lipinski definition) is 2. The minimum Gasteiger partial charge on any atom is -0.405 e. The van der Waals surface area contributed by atoms with Crippen LogP contribution in [0.3, 0.4) is 0 Å². The number of anilines is 1. The fourth-order valence-electron chi connectivity index (χ4n) is 0.983. The van der Waals surface area contributed by atoms with E-state index in [9.17, 15) is 26.3 Å². The number of hydrogen-bond donors (Lipinski definition) is 1. The fraction of sp³-hybridized carbons (Fsp3) is 0.250. The third kappa shape index (κ3) is 3.21. The van der Waals surface area contributed by atoms with E-state index in [-0.39, 0.29) is 5.69 Å². The molecule has 0 aromatic heterocycles. The highest BCUT2D eigenvalue weighted by molar-refractivity contribution is 5.49. The maximum atomic E-state index is 12.3. The van der Waals surface area contributed by atoms with Crippen LogP contribution in [-0.4, -0.2) is 6.36 Å². The van der Waals surface area contributed by atoms with Crippen LogP contribution in [-0.2, 0) is 6.18 Å². The molecule has 16 heavy (non-hydrogen) atoms. The van der Waals surface area contributed by atoms with E-state index in [1.165, 1.54) is 0 Å². The summed E-state index contributed by atoms with van der Waals surface area (Å²) in [6, 6.07) is 1.78.